The van der Waals surface area contributed by atoms with Gasteiger partial charge in [0.1, 0.15) is 5.82 Å². The normalized spacial score (nSPS) is 10.9. The van der Waals surface area contributed by atoms with Crippen LogP contribution in [-0.4, -0.2) is 29.1 Å². The van der Waals surface area contributed by atoms with Crippen molar-refractivity contribution in [2.45, 2.75) is 16.4 Å². The number of hydrogen-bond acceptors (Lipinski definition) is 7. The Labute approximate surface area is 146 Å². The summed E-state index contributed by atoms with van der Waals surface area (Å²) >= 11 is 2.82. The standard InChI is InChI=1S/C16H12N6S2/c1-11-18-16(24-21-11)23-15-20-19-14(12-6-5-9-17-10-12)22(15)13-7-3-2-4-8-13/h2-10H,1H3. The van der Waals surface area contributed by atoms with Crippen LogP contribution >= 0.6 is 23.3 Å². The molecule has 118 valence electrons. The Hall–Kier alpha value is -2.58. The van der Waals surface area contributed by atoms with Crippen molar-refractivity contribution < 1.29 is 0 Å². The van der Waals surface area contributed by atoms with Crippen LogP contribution in [0.15, 0.2) is 64.4 Å². The molecule has 0 aliphatic rings. The van der Waals surface area contributed by atoms with Gasteiger partial charge < -0.3 is 0 Å². The lowest BCUT2D eigenvalue weighted by Gasteiger charge is -2.09. The second-order valence-electron chi connectivity index (χ2n) is 4.93. The van der Waals surface area contributed by atoms with Gasteiger partial charge in [0.15, 0.2) is 10.2 Å². The Morgan fingerprint density at radius 1 is 1.04 bits per heavy atom. The van der Waals surface area contributed by atoms with Crippen LogP contribution in [0.5, 0.6) is 0 Å². The fraction of sp³-hybridized carbons (Fsp3) is 0.0625. The van der Waals surface area contributed by atoms with Crippen molar-refractivity contribution in [1.82, 2.24) is 29.1 Å². The fourth-order valence-electron chi connectivity index (χ4n) is 2.23. The molecular formula is C16H12N6S2. The van der Waals surface area contributed by atoms with Gasteiger partial charge in [0.25, 0.3) is 0 Å². The molecule has 0 spiro atoms. The molecule has 24 heavy (non-hydrogen) atoms. The summed E-state index contributed by atoms with van der Waals surface area (Å²) in [7, 11) is 0. The second kappa shape index (κ2) is 6.50. The topological polar surface area (TPSA) is 69.4 Å². The Bertz CT molecular complexity index is 949. The van der Waals surface area contributed by atoms with Crippen molar-refractivity contribution in [2.75, 3.05) is 0 Å². The third-order valence-electron chi connectivity index (χ3n) is 3.26. The van der Waals surface area contributed by atoms with E-state index in [1.54, 1.807) is 12.4 Å². The van der Waals surface area contributed by atoms with Crippen LogP contribution < -0.4 is 0 Å². The highest BCUT2D eigenvalue weighted by molar-refractivity contribution is 8.00. The SMILES string of the molecule is Cc1nsc(Sc2nnc(-c3cccnc3)n2-c2ccccc2)n1. The number of aromatic nitrogens is 6. The van der Waals surface area contributed by atoms with Crippen LogP contribution in [0, 0.1) is 6.92 Å². The Kier molecular flexibility index (Phi) is 4.06. The quantitative estimate of drug-likeness (QED) is 0.558. The zero-order valence-corrected chi connectivity index (χ0v) is 14.3. The largest absolute Gasteiger partial charge is 0.270 e. The number of benzene rings is 1. The second-order valence-corrected chi connectivity index (χ2v) is 6.89. The fourth-order valence-corrected chi connectivity index (χ4v) is 3.83. The summed E-state index contributed by atoms with van der Waals surface area (Å²) in [6, 6.07) is 13.9. The van der Waals surface area contributed by atoms with Gasteiger partial charge in [-0.1, -0.05) is 18.2 Å². The summed E-state index contributed by atoms with van der Waals surface area (Å²) in [6.45, 7) is 1.88. The molecule has 0 aliphatic carbocycles. The van der Waals surface area contributed by atoms with E-state index in [0.717, 1.165) is 32.4 Å². The number of hydrogen-bond donors (Lipinski definition) is 0. The van der Waals surface area contributed by atoms with E-state index in [-0.39, 0.29) is 0 Å². The van der Waals surface area contributed by atoms with Crippen molar-refractivity contribution in [3.05, 3.63) is 60.7 Å². The summed E-state index contributed by atoms with van der Waals surface area (Å²) in [5, 5.41) is 9.48. The predicted octanol–water partition coefficient (Wildman–Crippen LogP) is 3.64. The maximum Gasteiger partial charge on any atom is 0.203 e. The first-order valence-corrected chi connectivity index (χ1v) is 8.79. The zero-order chi connectivity index (χ0) is 16.4. The molecule has 0 saturated carbocycles. The van der Waals surface area contributed by atoms with Gasteiger partial charge in [0.05, 0.1) is 0 Å². The van der Waals surface area contributed by atoms with E-state index in [0.29, 0.717) is 0 Å². The monoisotopic (exact) mass is 352 g/mol. The average molecular weight is 352 g/mol. The van der Waals surface area contributed by atoms with Crippen LogP contribution in [0.25, 0.3) is 17.1 Å². The van der Waals surface area contributed by atoms with E-state index < -0.39 is 0 Å². The lowest BCUT2D eigenvalue weighted by Crippen LogP contribution is -1.99. The molecule has 1 aromatic carbocycles. The minimum Gasteiger partial charge on any atom is -0.270 e. The van der Waals surface area contributed by atoms with E-state index in [9.17, 15) is 0 Å². The van der Waals surface area contributed by atoms with Gasteiger partial charge in [-0.05, 0) is 54.5 Å². The van der Waals surface area contributed by atoms with Gasteiger partial charge in [-0.25, -0.2) is 4.98 Å². The van der Waals surface area contributed by atoms with Crippen molar-refractivity contribution in [3.63, 3.8) is 0 Å². The van der Waals surface area contributed by atoms with Gasteiger partial charge in [0.2, 0.25) is 5.16 Å². The molecule has 3 heterocycles. The summed E-state index contributed by atoms with van der Waals surface area (Å²) in [5.74, 6) is 1.51. The zero-order valence-electron chi connectivity index (χ0n) is 12.7. The minimum atomic E-state index is 0.746. The van der Waals surface area contributed by atoms with Crippen LogP contribution in [0.1, 0.15) is 5.82 Å². The molecule has 0 amide bonds. The summed E-state index contributed by atoms with van der Waals surface area (Å²) < 4.78 is 7.08. The van der Waals surface area contributed by atoms with Crippen molar-refractivity contribution in [3.8, 4) is 17.1 Å². The van der Waals surface area contributed by atoms with Crippen LogP contribution in [0.3, 0.4) is 0 Å². The molecule has 0 radical (unpaired) electrons. The first-order chi connectivity index (χ1) is 11.8. The third-order valence-corrected chi connectivity index (χ3v) is 5.04. The molecule has 0 saturated heterocycles. The van der Waals surface area contributed by atoms with E-state index in [2.05, 4.69) is 24.5 Å². The molecule has 3 aromatic heterocycles. The average Bonchev–Trinajstić information content (AvgIpc) is 3.23. The number of para-hydroxylation sites is 1. The predicted molar refractivity (Wildman–Crippen MR) is 93.4 cm³/mol. The first-order valence-electron chi connectivity index (χ1n) is 7.20. The van der Waals surface area contributed by atoms with E-state index in [1.165, 1.54) is 23.3 Å². The molecule has 4 aromatic rings. The van der Waals surface area contributed by atoms with Crippen molar-refractivity contribution in [2.24, 2.45) is 0 Å². The highest BCUT2D eigenvalue weighted by Gasteiger charge is 2.18. The number of nitrogens with zero attached hydrogens (tertiary/aromatic N) is 6. The Morgan fingerprint density at radius 2 is 1.92 bits per heavy atom. The third kappa shape index (κ3) is 2.93. The number of rotatable bonds is 4. The van der Waals surface area contributed by atoms with Gasteiger partial charge in [0, 0.05) is 23.6 Å². The maximum atomic E-state index is 4.40. The van der Waals surface area contributed by atoms with E-state index in [4.69, 9.17) is 0 Å². The molecule has 4 rings (SSSR count). The first kappa shape index (κ1) is 15.0. The van der Waals surface area contributed by atoms with E-state index in [1.807, 2.05) is 54.0 Å². The molecule has 0 N–H and O–H groups in total. The highest BCUT2D eigenvalue weighted by Crippen LogP contribution is 2.32. The van der Waals surface area contributed by atoms with Gasteiger partial charge in [-0.2, -0.15) is 4.37 Å². The van der Waals surface area contributed by atoms with Crippen LogP contribution in [0.2, 0.25) is 0 Å². The smallest absolute Gasteiger partial charge is 0.203 e. The molecule has 8 heteroatoms. The Balaban J connectivity index is 1.84. The van der Waals surface area contributed by atoms with Gasteiger partial charge in [-0.15, -0.1) is 10.2 Å². The molecule has 0 bridgehead atoms. The van der Waals surface area contributed by atoms with Gasteiger partial charge >= 0.3 is 0 Å². The lowest BCUT2D eigenvalue weighted by atomic mass is 10.2. The molecule has 0 aliphatic heterocycles. The Morgan fingerprint density at radius 3 is 2.62 bits per heavy atom. The van der Waals surface area contributed by atoms with Gasteiger partial charge in [-0.3, -0.25) is 9.55 Å². The molecular weight excluding hydrogens is 340 g/mol. The lowest BCUT2D eigenvalue weighted by molar-refractivity contribution is 0.884. The molecule has 6 nitrogen and oxygen atoms in total. The number of pyridine rings is 1. The summed E-state index contributed by atoms with van der Waals surface area (Å²) in [6.07, 6.45) is 3.53. The minimum absolute atomic E-state index is 0.746. The number of aryl methyl sites for hydroxylation is 1. The van der Waals surface area contributed by atoms with Crippen LogP contribution in [0.4, 0.5) is 0 Å². The summed E-state index contributed by atoms with van der Waals surface area (Å²) in [4.78, 5) is 8.58. The highest BCUT2D eigenvalue weighted by atomic mass is 32.2. The molecule has 0 atom stereocenters. The molecule has 0 unspecified atom stereocenters. The van der Waals surface area contributed by atoms with Crippen molar-refractivity contribution in [1.29, 1.82) is 0 Å². The van der Waals surface area contributed by atoms with Crippen LogP contribution in [-0.2, 0) is 0 Å². The van der Waals surface area contributed by atoms with E-state index >= 15 is 0 Å². The van der Waals surface area contributed by atoms with Crippen molar-refractivity contribution >= 4 is 23.3 Å². The molecule has 0 fully saturated rings. The summed E-state index contributed by atoms with van der Waals surface area (Å²) in [5.41, 5.74) is 1.90. The maximum absolute atomic E-state index is 4.40.